The molecule has 1 aromatic rings. The van der Waals surface area contributed by atoms with Gasteiger partial charge in [-0.1, -0.05) is 15.9 Å². The topological polar surface area (TPSA) is 47.6 Å². The lowest BCUT2D eigenvalue weighted by molar-refractivity contribution is 0.0953. The molecule has 1 amide bonds. The highest BCUT2D eigenvalue weighted by Crippen LogP contribution is 2.24. The molecule has 0 fully saturated rings. The maximum absolute atomic E-state index is 11.7. The van der Waals surface area contributed by atoms with E-state index in [1.807, 2.05) is 0 Å². The lowest BCUT2D eigenvalue weighted by Crippen LogP contribution is -2.25. The van der Waals surface area contributed by atoms with Crippen LogP contribution >= 0.6 is 15.9 Å². The van der Waals surface area contributed by atoms with Crippen LogP contribution in [0.15, 0.2) is 18.2 Å². The number of nitrogens with one attached hydrogen (secondary N) is 1. The summed E-state index contributed by atoms with van der Waals surface area (Å²) in [5.74, 6) is 1.01. The van der Waals surface area contributed by atoms with Crippen molar-refractivity contribution in [3.05, 3.63) is 23.8 Å². The first-order chi connectivity index (χ1) is 7.72. The first-order valence-corrected chi connectivity index (χ1v) is 5.91. The molecule has 0 atom stereocenters. The number of amides is 1. The van der Waals surface area contributed by atoms with E-state index in [4.69, 9.17) is 9.47 Å². The SMILES string of the molecule is COc1ccc(C(=O)NCCBr)c(OC)c1. The van der Waals surface area contributed by atoms with Crippen LogP contribution in [0.2, 0.25) is 0 Å². The van der Waals surface area contributed by atoms with Crippen molar-refractivity contribution in [2.75, 3.05) is 26.1 Å². The molecule has 0 aliphatic rings. The quantitative estimate of drug-likeness (QED) is 0.841. The average Bonchev–Trinajstić information content (AvgIpc) is 2.34. The van der Waals surface area contributed by atoms with E-state index in [1.54, 1.807) is 25.3 Å². The summed E-state index contributed by atoms with van der Waals surface area (Å²) in [4.78, 5) is 11.7. The summed E-state index contributed by atoms with van der Waals surface area (Å²) in [6.07, 6.45) is 0. The van der Waals surface area contributed by atoms with Gasteiger partial charge in [0.2, 0.25) is 0 Å². The van der Waals surface area contributed by atoms with Crippen molar-refractivity contribution in [3.63, 3.8) is 0 Å². The largest absolute Gasteiger partial charge is 0.497 e. The van der Waals surface area contributed by atoms with Gasteiger partial charge in [0.15, 0.2) is 0 Å². The maximum Gasteiger partial charge on any atom is 0.255 e. The molecular weight excluding hydrogens is 274 g/mol. The van der Waals surface area contributed by atoms with Crippen molar-refractivity contribution in [1.82, 2.24) is 5.32 Å². The Balaban J connectivity index is 2.90. The van der Waals surface area contributed by atoms with Crippen molar-refractivity contribution in [2.24, 2.45) is 0 Å². The molecule has 0 radical (unpaired) electrons. The highest BCUT2D eigenvalue weighted by atomic mass is 79.9. The maximum atomic E-state index is 11.7. The molecule has 16 heavy (non-hydrogen) atoms. The number of alkyl halides is 1. The van der Waals surface area contributed by atoms with E-state index >= 15 is 0 Å². The molecule has 0 heterocycles. The zero-order chi connectivity index (χ0) is 12.0. The minimum absolute atomic E-state index is 0.154. The van der Waals surface area contributed by atoms with Crippen molar-refractivity contribution in [1.29, 1.82) is 0 Å². The predicted octanol–water partition coefficient (Wildman–Crippen LogP) is 1.83. The van der Waals surface area contributed by atoms with Gasteiger partial charge in [-0.05, 0) is 12.1 Å². The molecule has 1 rings (SSSR count). The number of methoxy groups -OCH3 is 2. The normalized spacial score (nSPS) is 9.69. The Labute approximate surface area is 103 Å². The van der Waals surface area contributed by atoms with E-state index in [-0.39, 0.29) is 5.91 Å². The average molecular weight is 288 g/mol. The number of halogens is 1. The van der Waals surface area contributed by atoms with Gasteiger partial charge >= 0.3 is 0 Å². The second-order valence-electron chi connectivity index (χ2n) is 3.01. The lowest BCUT2D eigenvalue weighted by atomic mass is 10.2. The van der Waals surface area contributed by atoms with Crippen LogP contribution in [0.1, 0.15) is 10.4 Å². The van der Waals surface area contributed by atoms with Crippen LogP contribution in [0.4, 0.5) is 0 Å². The highest BCUT2D eigenvalue weighted by molar-refractivity contribution is 9.09. The molecule has 88 valence electrons. The van der Waals surface area contributed by atoms with Crippen LogP contribution < -0.4 is 14.8 Å². The summed E-state index contributed by atoms with van der Waals surface area (Å²) in [7, 11) is 3.09. The molecule has 0 spiro atoms. The second kappa shape index (κ2) is 6.37. The van der Waals surface area contributed by atoms with Crippen LogP contribution in [0, 0.1) is 0 Å². The summed E-state index contributed by atoms with van der Waals surface area (Å²) < 4.78 is 10.2. The third kappa shape index (κ3) is 3.13. The lowest BCUT2D eigenvalue weighted by Gasteiger charge is -2.10. The number of benzene rings is 1. The number of ether oxygens (including phenoxy) is 2. The molecule has 0 aliphatic heterocycles. The fourth-order valence-corrected chi connectivity index (χ4v) is 1.44. The summed E-state index contributed by atoms with van der Waals surface area (Å²) in [6, 6.07) is 5.09. The molecule has 0 saturated heterocycles. The first-order valence-electron chi connectivity index (χ1n) is 4.79. The fourth-order valence-electron chi connectivity index (χ4n) is 1.24. The number of hydrogen-bond donors (Lipinski definition) is 1. The Hall–Kier alpha value is -1.23. The molecular formula is C11H14BrNO3. The monoisotopic (exact) mass is 287 g/mol. The number of rotatable bonds is 5. The second-order valence-corrected chi connectivity index (χ2v) is 3.80. The zero-order valence-electron chi connectivity index (χ0n) is 9.25. The summed E-state index contributed by atoms with van der Waals surface area (Å²) in [5.41, 5.74) is 0.504. The molecule has 1 aromatic carbocycles. The standard InChI is InChI=1S/C11H14BrNO3/c1-15-8-3-4-9(10(7-8)16-2)11(14)13-6-5-12/h3-4,7H,5-6H2,1-2H3,(H,13,14). The van der Waals surface area contributed by atoms with Crippen LogP contribution in [-0.2, 0) is 0 Å². The smallest absolute Gasteiger partial charge is 0.255 e. The van der Waals surface area contributed by atoms with Crippen molar-refractivity contribution in [3.8, 4) is 11.5 Å². The van der Waals surface area contributed by atoms with Crippen LogP contribution in [0.5, 0.6) is 11.5 Å². The van der Waals surface area contributed by atoms with Gasteiger partial charge in [-0.25, -0.2) is 0 Å². The fraction of sp³-hybridized carbons (Fsp3) is 0.364. The molecule has 0 bridgehead atoms. The van der Waals surface area contributed by atoms with Crippen LogP contribution in [-0.4, -0.2) is 32.0 Å². The van der Waals surface area contributed by atoms with E-state index < -0.39 is 0 Å². The molecule has 4 nitrogen and oxygen atoms in total. The third-order valence-corrected chi connectivity index (χ3v) is 2.43. The van der Waals surface area contributed by atoms with Crippen molar-refractivity contribution < 1.29 is 14.3 Å². The zero-order valence-corrected chi connectivity index (χ0v) is 10.8. The minimum atomic E-state index is -0.154. The van der Waals surface area contributed by atoms with E-state index in [0.29, 0.717) is 23.6 Å². The number of hydrogen-bond acceptors (Lipinski definition) is 3. The third-order valence-electron chi connectivity index (χ3n) is 2.03. The molecule has 0 unspecified atom stereocenters. The summed E-state index contributed by atoms with van der Waals surface area (Å²) >= 11 is 3.24. The van der Waals surface area contributed by atoms with Gasteiger partial charge in [-0.2, -0.15) is 0 Å². The van der Waals surface area contributed by atoms with Gasteiger partial charge in [-0.3, -0.25) is 4.79 Å². The number of carbonyl (C=O) groups excluding carboxylic acids is 1. The molecule has 5 heteroatoms. The Kier molecular flexibility index (Phi) is 5.11. The van der Waals surface area contributed by atoms with Gasteiger partial charge < -0.3 is 14.8 Å². The molecule has 0 saturated carbocycles. The van der Waals surface area contributed by atoms with E-state index in [9.17, 15) is 4.79 Å². The van der Waals surface area contributed by atoms with Gasteiger partial charge in [-0.15, -0.1) is 0 Å². The van der Waals surface area contributed by atoms with Crippen LogP contribution in [0.25, 0.3) is 0 Å². The van der Waals surface area contributed by atoms with E-state index in [2.05, 4.69) is 21.2 Å². The van der Waals surface area contributed by atoms with Gasteiger partial charge in [0.1, 0.15) is 11.5 Å². The van der Waals surface area contributed by atoms with Gasteiger partial charge in [0, 0.05) is 17.9 Å². The molecule has 1 N–H and O–H groups in total. The van der Waals surface area contributed by atoms with Gasteiger partial charge in [0.25, 0.3) is 5.91 Å². The Morgan fingerprint density at radius 1 is 1.38 bits per heavy atom. The van der Waals surface area contributed by atoms with Gasteiger partial charge in [0.05, 0.1) is 19.8 Å². The van der Waals surface area contributed by atoms with Crippen molar-refractivity contribution >= 4 is 21.8 Å². The first kappa shape index (κ1) is 12.8. The molecule has 0 aromatic heterocycles. The minimum Gasteiger partial charge on any atom is -0.497 e. The number of carbonyl (C=O) groups is 1. The Bertz CT molecular complexity index is 368. The summed E-state index contributed by atoms with van der Waals surface area (Å²) in [5, 5.41) is 3.47. The summed E-state index contributed by atoms with van der Waals surface area (Å²) in [6.45, 7) is 0.577. The van der Waals surface area contributed by atoms with Crippen LogP contribution in [0.3, 0.4) is 0 Å². The van der Waals surface area contributed by atoms with E-state index in [1.165, 1.54) is 7.11 Å². The van der Waals surface area contributed by atoms with Crippen molar-refractivity contribution in [2.45, 2.75) is 0 Å². The molecule has 0 aliphatic carbocycles. The predicted molar refractivity (Wildman–Crippen MR) is 65.7 cm³/mol. The highest BCUT2D eigenvalue weighted by Gasteiger charge is 2.12. The Morgan fingerprint density at radius 2 is 2.12 bits per heavy atom. The Morgan fingerprint density at radius 3 is 2.69 bits per heavy atom. The van der Waals surface area contributed by atoms with E-state index in [0.717, 1.165) is 5.33 Å².